The zero-order valence-corrected chi connectivity index (χ0v) is 12.4. The number of benzene rings is 1. The van der Waals surface area contributed by atoms with Crippen LogP contribution in [-0.2, 0) is 15.0 Å². The molecule has 1 heterocycles. The number of anilines is 1. The van der Waals surface area contributed by atoms with Crippen molar-refractivity contribution in [3.8, 4) is 5.75 Å². The zero-order chi connectivity index (χ0) is 14.2. The molecule has 1 unspecified atom stereocenters. The summed E-state index contributed by atoms with van der Waals surface area (Å²) in [5.41, 5.74) is 0.497. The van der Waals surface area contributed by atoms with Crippen molar-refractivity contribution in [3.63, 3.8) is 0 Å². The zero-order valence-electron chi connectivity index (χ0n) is 9.97. The van der Waals surface area contributed by atoms with Gasteiger partial charge in [0.15, 0.2) is 0 Å². The van der Waals surface area contributed by atoms with Gasteiger partial charge in [-0.2, -0.15) is 8.42 Å². The molecule has 1 fully saturated rings. The largest absolute Gasteiger partial charge is 0.497 e. The lowest BCUT2D eigenvalue weighted by atomic mass is 10.3. The van der Waals surface area contributed by atoms with Gasteiger partial charge in [0.2, 0.25) is 5.91 Å². The summed E-state index contributed by atoms with van der Waals surface area (Å²) in [5, 5.41) is -1.30. The average molecular weight is 352 g/mol. The van der Waals surface area contributed by atoms with Gasteiger partial charge in [0, 0.05) is 17.4 Å². The van der Waals surface area contributed by atoms with Gasteiger partial charge >= 0.3 is 10.2 Å². The van der Waals surface area contributed by atoms with Crippen molar-refractivity contribution < 1.29 is 21.8 Å². The standard InChI is InChI=1S/C11H11BrFNO4S/c1-18-7-2-3-10(9(12)4-7)14-6-8(5-11(14)15)19(13,16)17/h2-4,8H,5-6H2,1H3. The molecule has 1 aromatic carbocycles. The molecule has 1 aliphatic rings. The van der Waals surface area contributed by atoms with E-state index in [1.807, 2.05) is 0 Å². The van der Waals surface area contributed by atoms with E-state index < -0.39 is 21.4 Å². The number of ether oxygens (including phenoxy) is 1. The normalized spacial score (nSPS) is 19.8. The SMILES string of the molecule is COc1ccc(N2CC(S(=O)(=O)F)CC2=O)c(Br)c1. The van der Waals surface area contributed by atoms with Gasteiger partial charge in [0.05, 0.1) is 12.8 Å². The summed E-state index contributed by atoms with van der Waals surface area (Å²) in [4.78, 5) is 13.0. The van der Waals surface area contributed by atoms with Gasteiger partial charge in [-0.3, -0.25) is 4.79 Å². The summed E-state index contributed by atoms with van der Waals surface area (Å²) in [6.45, 7) is -0.178. The van der Waals surface area contributed by atoms with Gasteiger partial charge in [0.1, 0.15) is 11.0 Å². The van der Waals surface area contributed by atoms with E-state index in [0.29, 0.717) is 15.9 Å². The number of methoxy groups -OCH3 is 1. The molecule has 2 rings (SSSR count). The van der Waals surface area contributed by atoms with Crippen molar-refractivity contribution in [3.05, 3.63) is 22.7 Å². The Morgan fingerprint density at radius 1 is 1.47 bits per heavy atom. The Bertz CT molecular complexity index is 619. The Labute approximate surface area is 118 Å². The van der Waals surface area contributed by atoms with Crippen LogP contribution in [0.3, 0.4) is 0 Å². The van der Waals surface area contributed by atoms with Crippen LogP contribution in [0.25, 0.3) is 0 Å². The van der Waals surface area contributed by atoms with Crippen molar-refractivity contribution in [2.75, 3.05) is 18.6 Å². The minimum absolute atomic E-state index is 0.178. The molecule has 1 aliphatic heterocycles. The number of rotatable bonds is 3. The fraction of sp³-hybridized carbons (Fsp3) is 0.364. The number of carbonyl (C=O) groups is 1. The first kappa shape index (κ1) is 14.3. The van der Waals surface area contributed by atoms with Gasteiger partial charge in [-0.15, -0.1) is 3.89 Å². The molecule has 0 aromatic heterocycles. The Balaban J connectivity index is 2.31. The second kappa shape index (κ2) is 5.09. The molecule has 0 N–H and O–H groups in total. The molecular weight excluding hydrogens is 341 g/mol. The summed E-state index contributed by atoms with van der Waals surface area (Å²) in [6.07, 6.45) is -0.336. The van der Waals surface area contributed by atoms with E-state index in [4.69, 9.17) is 4.74 Å². The van der Waals surface area contributed by atoms with E-state index in [2.05, 4.69) is 15.9 Å². The number of hydrogen-bond acceptors (Lipinski definition) is 4. The van der Waals surface area contributed by atoms with E-state index in [1.165, 1.54) is 12.0 Å². The van der Waals surface area contributed by atoms with Gasteiger partial charge in [-0.1, -0.05) is 0 Å². The van der Waals surface area contributed by atoms with Crippen LogP contribution in [0.5, 0.6) is 5.75 Å². The van der Waals surface area contributed by atoms with Crippen molar-refractivity contribution in [2.24, 2.45) is 0 Å². The van der Waals surface area contributed by atoms with Gasteiger partial charge in [-0.25, -0.2) is 0 Å². The second-order valence-corrected chi connectivity index (χ2v) is 6.60. The Kier molecular flexibility index (Phi) is 3.82. The lowest BCUT2D eigenvalue weighted by Gasteiger charge is -2.18. The lowest BCUT2D eigenvalue weighted by Crippen LogP contribution is -2.27. The molecule has 8 heteroatoms. The first-order valence-corrected chi connectivity index (χ1v) is 7.64. The topological polar surface area (TPSA) is 63.7 Å². The third kappa shape index (κ3) is 2.89. The Morgan fingerprint density at radius 3 is 2.63 bits per heavy atom. The van der Waals surface area contributed by atoms with Crippen molar-refractivity contribution in [1.82, 2.24) is 0 Å². The van der Waals surface area contributed by atoms with E-state index in [-0.39, 0.29) is 13.0 Å². The summed E-state index contributed by atoms with van der Waals surface area (Å²) in [5.74, 6) is 0.175. The van der Waals surface area contributed by atoms with Crippen LogP contribution in [-0.4, -0.2) is 33.2 Å². The Hall–Kier alpha value is -1.15. The van der Waals surface area contributed by atoms with E-state index in [0.717, 1.165) is 0 Å². The first-order chi connectivity index (χ1) is 8.82. The van der Waals surface area contributed by atoms with Crippen LogP contribution in [0.4, 0.5) is 9.57 Å². The first-order valence-electron chi connectivity index (χ1n) is 5.40. The molecule has 0 aliphatic carbocycles. The fourth-order valence-electron chi connectivity index (χ4n) is 1.93. The Morgan fingerprint density at radius 2 is 2.16 bits per heavy atom. The van der Waals surface area contributed by atoms with E-state index in [9.17, 15) is 17.1 Å². The van der Waals surface area contributed by atoms with Crippen LogP contribution in [0, 0.1) is 0 Å². The van der Waals surface area contributed by atoms with E-state index >= 15 is 0 Å². The second-order valence-electron chi connectivity index (χ2n) is 4.12. The average Bonchev–Trinajstić information content (AvgIpc) is 2.71. The maximum Gasteiger partial charge on any atom is 0.307 e. The minimum atomic E-state index is -4.70. The van der Waals surface area contributed by atoms with Crippen molar-refractivity contribution in [1.29, 1.82) is 0 Å². The quantitative estimate of drug-likeness (QED) is 0.779. The fourth-order valence-corrected chi connectivity index (χ4v) is 3.17. The molecule has 0 bridgehead atoms. The van der Waals surface area contributed by atoms with Gasteiger partial charge in [-0.05, 0) is 34.1 Å². The summed E-state index contributed by atoms with van der Waals surface area (Å²) in [6, 6.07) is 4.92. The van der Waals surface area contributed by atoms with Crippen LogP contribution < -0.4 is 9.64 Å². The number of carbonyl (C=O) groups excluding carboxylic acids is 1. The van der Waals surface area contributed by atoms with Gasteiger partial charge in [0.25, 0.3) is 0 Å². The van der Waals surface area contributed by atoms with Crippen LogP contribution in [0.15, 0.2) is 22.7 Å². The predicted octanol–water partition coefficient (Wildman–Crippen LogP) is 1.86. The van der Waals surface area contributed by atoms with Crippen LogP contribution >= 0.6 is 15.9 Å². The molecule has 5 nitrogen and oxygen atoms in total. The number of amides is 1. The molecule has 1 amide bonds. The van der Waals surface area contributed by atoms with Crippen LogP contribution in [0.2, 0.25) is 0 Å². The molecule has 104 valence electrons. The predicted molar refractivity (Wildman–Crippen MR) is 71.5 cm³/mol. The maximum absolute atomic E-state index is 12.9. The lowest BCUT2D eigenvalue weighted by molar-refractivity contribution is -0.117. The van der Waals surface area contributed by atoms with Crippen LogP contribution in [0.1, 0.15) is 6.42 Å². The molecule has 19 heavy (non-hydrogen) atoms. The summed E-state index contributed by atoms with van der Waals surface area (Å²) < 4.78 is 40.3. The monoisotopic (exact) mass is 351 g/mol. The highest BCUT2D eigenvalue weighted by Gasteiger charge is 2.39. The minimum Gasteiger partial charge on any atom is -0.497 e. The molecule has 0 radical (unpaired) electrons. The number of hydrogen-bond donors (Lipinski definition) is 0. The maximum atomic E-state index is 12.9. The highest BCUT2D eigenvalue weighted by Crippen LogP contribution is 2.34. The van der Waals surface area contributed by atoms with E-state index in [1.54, 1.807) is 18.2 Å². The highest BCUT2D eigenvalue weighted by atomic mass is 79.9. The molecule has 0 saturated carbocycles. The highest BCUT2D eigenvalue weighted by molar-refractivity contribution is 9.10. The third-order valence-corrected chi connectivity index (χ3v) is 4.68. The summed E-state index contributed by atoms with van der Waals surface area (Å²) >= 11 is 3.28. The summed E-state index contributed by atoms with van der Waals surface area (Å²) in [7, 11) is -3.20. The molecule has 0 spiro atoms. The van der Waals surface area contributed by atoms with Crippen molar-refractivity contribution >= 4 is 37.7 Å². The molecular formula is C11H11BrFNO4S. The molecule has 1 aromatic rings. The number of halogens is 2. The van der Waals surface area contributed by atoms with Gasteiger partial charge < -0.3 is 9.64 Å². The molecule has 1 saturated heterocycles. The number of nitrogens with zero attached hydrogens (tertiary/aromatic N) is 1. The third-order valence-electron chi connectivity index (χ3n) is 2.93. The smallest absolute Gasteiger partial charge is 0.307 e. The molecule has 1 atom stereocenters. The van der Waals surface area contributed by atoms with Crippen molar-refractivity contribution in [2.45, 2.75) is 11.7 Å².